The summed E-state index contributed by atoms with van der Waals surface area (Å²) in [4.78, 5) is 12.3. The van der Waals surface area contributed by atoms with E-state index in [1.165, 1.54) is 75.1 Å². The lowest BCUT2D eigenvalue weighted by Gasteiger charge is -2.25. The van der Waals surface area contributed by atoms with Crippen molar-refractivity contribution in [1.82, 2.24) is 9.97 Å². The summed E-state index contributed by atoms with van der Waals surface area (Å²) in [5.74, 6) is 0. The number of aromatic nitrogens is 2. The van der Waals surface area contributed by atoms with Crippen LogP contribution in [0, 0.1) is 0 Å². The van der Waals surface area contributed by atoms with E-state index in [0.717, 1.165) is 11.2 Å². The van der Waals surface area contributed by atoms with Crippen LogP contribution >= 0.6 is 11.8 Å². The van der Waals surface area contributed by atoms with Crippen molar-refractivity contribution in [2.75, 3.05) is 0 Å². The Hall–Kier alpha value is -5.90. The van der Waals surface area contributed by atoms with E-state index >= 15 is 0 Å². The summed E-state index contributed by atoms with van der Waals surface area (Å²) in [7, 11) is 0. The molecule has 1 aliphatic heterocycles. The number of rotatable bonds is 6. The second-order valence-electron chi connectivity index (χ2n) is 13.3. The zero-order valence-corrected chi connectivity index (χ0v) is 28.6. The first-order chi connectivity index (χ1) is 25.3. The van der Waals surface area contributed by atoms with Crippen molar-refractivity contribution in [3.8, 4) is 11.1 Å². The van der Waals surface area contributed by atoms with Crippen molar-refractivity contribution in [2.45, 2.75) is 9.79 Å². The molecule has 10 rings (SSSR count). The molecule has 0 N–H and O–H groups in total. The number of hydrogen-bond acceptors (Lipinski definition) is 3. The van der Waals surface area contributed by atoms with Crippen LogP contribution in [0.5, 0.6) is 0 Å². The van der Waals surface area contributed by atoms with Gasteiger partial charge >= 0.3 is 0 Å². The molecule has 0 atom stereocenters. The van der Waals surface area contributed by atoms with Crippen LogP contribution in [0.3, 0.4) is 0 Å². The fourth-order valence-electron chi connectivity index (χ4n) is 8.16. The Morgan fingerprint density at radius 2 is 0.980 bits per heavy atom. The highest BCUT2D eigenvalue weighted by atomic mass is 32.2. The van der Waals surface area contributed by atoms with Gasteiger partial charge in [-0.2, -0.15) is 0 Å². The second kappa shape index (κ2) is 12.5. The first-order valence-corrected chi connectivity index (χ1v) is 18.3. The Labute approximate surface area is 302 Å². The molecule has 7 aromatic carbocycles. The Morgan fingerprint density at radius 1 is 0.373 bits per heavy atom. The maximum atomic E-state index is 4.91. The van der Waals surface area contributed by atoms with Gasteiger partial charge in [0.2, 0.25) is 0 Å². The molecule has 3 heterocycles. The van der Waals surface area contributed by atoms with Gasteiger partial charge in [0, 0.05) is 38.8 Å². The van der Waals surface area contributed by atoms with Crippen molar-refractivity contribution in [3.63, 3.8) is 0 Å². The van der Waals surface area contributed by atoms with Gasteiger partial charge in [0.25, 0.3) is 13.4 Å². The van der Waals surface area contributed by atoms with Gasteiger partial charge in [0.15, 0.2) is 0 Å². The molecule has 0 saturated carbocycles. The van der Waals surface area contributed by atoms with E-state index in [1.54, 1.807) is 0 Å². The van der Waals surface area contributed by atoms with Gasteiger partial charge in [0.05, 0.1) is 0 Å². The zero-order valence-electron chi connectivity index (χ0n) is 27.8. The van der Waals surface area contributed by atoms with Gasteiger partial charge in [-0.25, -0.2) is 0 Å². The molecule has 0 unspecified atom stereocenters. The Morgan fingerprint density at radius 3 is 1.69 bits per heavy atom. The molecular weight excluding hydrogens is 634 g/mol. The number of pyridine rings is 2. The molecule has 2 nitrogen and oxygen atoms in total. The number of hydrogen-bond donors (Lipinski definition) is 0. The van der Waals surface area contributed by atoms with Crippen molar-refractivity contribution in [2.24, 2.45) is 0 Å². The molecular formula is C46H30B2N2S. The third kappa shape index (κ3) is 5.08. The topological polar surface area (TPSA) is 25.8 Å². The van der Waals surface area contributed by atoms with E-state index in [-0.39, 0.29) is 13.4 Å². The summed E-state index contributed by atoms with van der Waals surface area (Å²) in [5.41, 5.74) is 9.69. The van der Waals surface area contributed by atoms with Gasteiger partial charge in [-0.05, 0) is 74.5 Å². The van der Waals surface area contributed by atoms with E-state index in [4.69, 9.17) is 9.97 Å². The average Bonchev–Trinajstić information content (AvgIpc) is 3.20. The molecule has 0 fully saturated rings. The quantitative estimate of drug-likeness (QED) is 0.140. The normalized spacial score (nSPS) is 11.8. The maximum Gasteiger partial charge on any atom is 0.265 e. The van der Waals surface area contributed by atoms with Crippen LogP contribution in [-0.4, -0.2) is 23.4 Å². The predicted molar refractivity (Wildman–Crippen MR) is 219 cm³/mol. The average molecular weight is 664 g/mol. The number of fused-ring (bicyclic) bond motifs is 6. The number of benzene rings is 7. The smallest absolute Gasteiger partial charge is 0.265 e. The van der Waals surface area contributed by atoms with E-state index in [9.17, 15) is 0 Å². The minimum absolute atomic E-state index is 0.00213. The Balaban J connectivity index is 1.21. The maximum absolute atomic E-state index is 4.91. The fourth-order valence-corrected chi connectivity index (χ4v) is 9.35. The molecule has 0 saturated heterocycles. The molecule has 5 heteroatoms. The lowest BCUT2D eigenvalue weighted by atomic mass is 9.37. The van der Waals surface area contributed by atoms with Gasteiger partial charge in [0.1, 0.15) is 0 Å². The summed E-state index contributed by atoms with van der Waals surface area (Å²) >= 11 is 1.88. The van der Waals surface area contributed by atoms with Crippen molar-refractivity contribution < 1.29 is 0 Å². The fraction of sp³-hybridized carbons (Fsp3) is 0. The molecule has 51 heavy (non-hydrogen) atoms. The SMILES string of the molecule is c1ccc(B(c2ccc3c(c2)Sc2cccc4c2c-3cc2c3ccccc3c(B(c3ccccc3)c3ccccn3)cc42)c2ccccn2)cc1. The predicted octanol–water partition coefficient (Wildman–Crippen LogP) is 7.10. The second-order valence-corrected chi connectivity index (χ2v) is 14.3. The summed E-state index contributed by atoms with van der Waals surface area (Å²) in [6.45, 7) is 0.0452. The molecule has 0 amide bonds. The highest BCUT2D eigenvalue weighted by Gasteiger charge is 2.29. The van der Waals surface area contributed by atoms with Crippen LogP contribution in [0.2, 0.25) is 0 Å². The van der Waals surface area contributed by atoms with E-state index < -0.39 is 0 Å². The van der Waals surface area contributed by atoms with Crippen LogP contribution in [0.15, 0.2) is 192 Å². The van der Waals surface area contributed by atoms with Crippen LogP contribution in [0.4, 0.5) is 0 Å². The van der Waals surface area contributed by atoms with E-state index in [0.29, 0.717) is 0 Å². The summed E-state index contributed by atoms with van der Waals surface area (Å²) in [6, 6.07) is 61.7. The summed E-state index contributed by atoms with van der Waals surface area (Å²) in [6.07, 6.45) is 3.81. The van der Waals surface area contributed by atoms with Gasteiger partial charge in [-0.3, -0.25) is 9.97 Å². The molecule has 0 aliphatic carbocycles. The first kappa shape index (κ1) is 30.0. The van der Waals surface area contributed by atoms with E-state index in [1.807, 2.05) is 36.3 Å². The largest absolute Gasteiger partial charge is 0.270 e. The lowest BCUT2D eigenvalue weighted by Crippen LogP contribution is -2.53. The molecule has 236 valence electrons. The Kier molecular flexibility index (Phi) is 7.32. The molecule has 1 aliphatic rings. The lowest BCUT2D eigenvalue weighted by molar-refractivity contribution is 1.38. The third-order valence-corrected chi connectivity index (χ3v) is 11.5. The van der Waals surface area contributed by atoms with Crippen LogP contribution in [-0.2, 0) is 0 Å². The summed E-state index contributed by atoms with van der Waals surface area (Å²) in [5, 5.41) is 7.70. The van der Waals surface area contributed by atoms with Crippen molar-refractivity contribution in [1.29, 1.82) is 0 Å². The molecule has 0 bridgehead atoms. The van der Waals surface area contributed by atoms with Gasteiger partial charge < -0.3 is 0 Å². The van der Waals surface area contributed by atoms with Crippen molar-refractivity contribution in [3.05, 3.63) is 182 Å². The van der Waals surface area contributed by atoms with Crippen LogP contribution in [0.1, 0.15) is 0 Å². The monoisotopic (exact) mass is 664 g/mol. The zero-order chi connectivity index (χ0) is 33.7. The highest BCUT2D eigenvalue weighted by molar-refractivity contribution is 7.99. The first-order valence-electron chi connectivity index (χ1n) is 17.5. The summed E-state index contributed by atoms with van der Waals surface area (Å²) < 4.78 is 0. The minimum Gasteiger partial charge on any atom is -0.270 e. The van der Waals surface area contributed by atoms with E-state index in [2.05, 4.69) is 158 Å². The third-order valence-electron chi connectivity index (χ3n) is 10.4. The molecule has 9 aromatic rings. The van der Waals surface area contributed by atoms with Crippen LogP contribution in [0.25, 0.3) is 43.4 Å². The highest BCUT2D eigenvalue weighted by Crippen LogP contribution is 2.50. The van der Waals surface area contributed by atoms with Gasteiger partial charge in [-0.15, -0.1) is 0 Å². The van der Waals surface area contributed by atoms with Gasteiger partial charge in [-0.1, -0.05) is 167 Å². The Bertz CT molecular complexity index is 2640. The van der Waals surface area contributed by atoms with Crippen molar-refractivity contribution >= 4 is 90.5 Å². The molecule has 0 radical (unpaired) electrons. The van der Waals surface area contributed by atoms with Crippen LogP contribution < -0.4 is 33.0 Å². The standard InChI is InChI=1S/C46H30B2N2S/c1-3-14-31(15-4-1)47(44-22-9-11-26-49-44)33-24-25-36-40-29-38-34-18-7-8-19-35(34)41(48(32-16-5-2-6-17-32)45-23-10-12-27-50-45)30-39(38)37-20-13-21-42(46(37)40)51-43(36)28-33/h1-30H. The number of nitrogens with zero attached hydrogens (tertiary/aromatic N) is 2. The molecule has 0 spiro atoms. The minimum atomic E-state index is -0.00213. The molecule has 2 aromatic heterocycles.